The minimum Gasteiger partial charge on any atom is -0.441 e. The average Bonchev–Trinajstić information content (AvgIpc) is 2.99. The number of benzene rings is 1. The number of carbonyl (C=O) groups excluding carboxylic acids is 1. The van der Waals surface area contributed by atoms with E-state index < -0.39 is 0 Å². The predicted octanol–water partition coefficient (Wildman–Crippen LogP) is 3.56. The second kappa shape index (κ2) is 11.5. The fourth-order valence-corrected chi connectivity index (χ4v) is 2.50. The van der Waals surface area contributed by atoms with Crippen LogP contribution in [0.5, 0.6) is 0 Å². The number of nitrogens with one attached hydrogen (secondary N) is 1. The maximum absolute atomic E-state index is 12.0. The molecule has 0 spiro atoms. The van der Waals surface area contributed by atoms with Crippen molar-refractivity contribution in [1.29, 1.82) is 0 Å². The predicted molar refractivity (Wildman–Crippen MR) is 104 cm³/mol. The molecule has 5 nitrogen and oxygen atoms in total. The third-order valence-electron chi connectivity index (χ3n) is 3.37. The fraction of sp³-hybridized carbons (Fsp3) is 0.375. The van der Waals surface area contributed by atoms with Crippen molar-refractivity contribution in [1.82, 2.24) is 15.2 Å². The van der Waals surface area contributed by atoms with Crippen molar-refractivity contribution in [2.45, 2.75) is 12.8 Å². The zero-order valence-electron chi connectivity index (χ0n) is 13.6. The van der Waals surface area contributed by atoms with E-state index in [1.165, 1.54) is 0 Å². The van der Waals surface area contributed by atoms with E-state index in [4.69, 9.17) is 4.42 Å². The molecule has 0 fully saturated rings. The van der Waals surface area contributed by atoms with E-state index in [1.807, 2.05) is 38.4 Å². The Morgan fingerprint density at radius 3 is 2.71 bits per heavy atom. The molecule has 0 aliphatic carbocycles. The number of likely N-dealkylation sites (N-methyl/N-ethyl adjacent to an activating group) is 2. The number of aryl methyl sites for hydroxylation is 1. The van der Waals surface area contributed by atoms with Crippen molar-refractivity contribution < 1.29 is 9.21 Å². The highest BCUT2D eigenvalue weighted by molar-refractivity contribution is 9.10. The van der Waals surface area contributed by atoms with Crippen molar-refractivity contribution in [3.8, 4) is 11.3 Å². The Balaban J connectivity index is 0.00000264. The van der Waals surface area contributed by atoms with Crippen LogP contribution in [0.1, 0.15) is 12.3 Å². The Hall–Kier alpha value is -1.08. The number of nitrogens with zero attached hydrogens (tertiary/aromatic N) is 2. The number of carbonyl (C=O) groups is 1. The molecule has 0 radical (unpaired) electrons. The van der Waals surface area contributed by atoms with Crippen LogP contribution in [0.4, 0.5) is 0 Å². The monoisotopic (exact) mass is 437 g/mol. The molecule has 0 aliphatic heterocycles. The highest BCUT2D eigenvalue weighted by Gasteiger charge is 2.12. The molecule has 1 heterocycles. The summed E-state index contributed by atoms with van der Waals surface area (Å²) < 4.78 is 6.70. The lowest BCUT2D eigenvalue weighted by molar-refractivity contribution is -0.129. The molecule has 0 saturated carbocycles. The molecule has 0 saturated heterocycles. The van der Waals surface area contributed by atoms with Gasteiger partial charge < -0.3 is 14.6 Å². The van der Waals surface area contributed by atoms with E-state index in [0.29, 0.717) is 31.0 Å². The molecule has 2 rings (SSSR count). The zero-order chi connectivity index (χ0) is 15.9. The van der Waals surface area contributed by atoms with Crippen LogP contribution in [-0.2, 0) is 11.2 Å². The normalized spacial score (nSPS) is 9.79. The van der Waals surface area contributed by atoms with Gasteiger partial charge in [0.15, 0.2) is 11.7 Å². The minimum absolute atomic E-state index is 0. The number of oxazole rings is 1. The Labute approximate surface area is 163 Å². The summed E-state index contributed by atoms with van der Waals surface area (Å²) in [6.45, 7) is 1.48. The molecule has 0 aliphatic rings. The molecule has 1 aromatic carbocycles. The van der Waals surface area contributed by atoms with Gasteiger partial charge in [0.1, 0.15) is 0 Å². The van der Waals surface area contributed by atoms with Crippen LogP contribution in [0.25, 0.3) is 11.3 Å². The Kier molecular flexibility index (Phi) is 11.0. The van der Waals surface area contributed by atoms with Gasteiger partial charge >= 0.3 is 0 Å². The minimum atomic E-state index is 0. The van der Waals surface area contributed by atoms with Crippen molar-refractivity contribution in [2.24, 2.45) is 0 Å². The zero-order valence-corrected chi connectivity index (χ0v) is 16.8. The van der Waals surface area contributed by atoms with E-state index in [1.54, 1.807) is 11.1 Å². The summed E-state index contributed by atoms with van der Waals surface area (Å²) >= 11 is 3.49. The standard InChI is InChI=1S/C16H20BrN3O2.2ClH/c1-18-9-10-20(2)16(21)8-7-15-19-11-14(22-15)12-5-3-4-6-13(12)17;;/h3-6,11,18H,7-10H2,1-2H3;2*1H. The lowest BCUT2D eigenvalue weighted by Crippen LogP contribution is -2.32. The first kappa shape index (κ1) is 22.9. The maximum Gasteiger partial charge on any atom is 0.222 e. The van der Waals surface area contributed by atoms with Crippen LogP contribution in [0.3, 0.4) is 0 Å². The summed E-state index contributed by atoms with van der Waals surface area (Å²) in [5.41, 5.74) is 0.957. The summed E-state index contributed by atoms with van der Waals surface area (Å²) in [6.07, 6.45) is 2.61. The Bertz CT molecular complexity index is 637. The first-order valence-corrected chi connectivity index (χ1v) is 7.99. The molecular weight excluding hydrogens is 417 g/mol. The number of halogens is 3. The fourth-order valence-electron chi connectivity index (χ4n) is 2.02. The van der Waals surface area contributed by atoms with Gasteiger partial charge in [0.25, 0.3) is 0 Å². The molecule has 1 N–H and O–H groups in total. The second-order valence-corrected chi connectivity index (χ2v) is 5.87. The number of hydrogen-bond acceptors (Lipinski definition) is 4. The summed E-state index contributed by atoms with van der Waals surface area (Å²) in [7, 11) is 3.68. The van der Waals surface area contributed by atoms with Crippen molar-refractivity contribution in [2.75, 3.05) is 27.2 Å². The van der Waals surface area contributed by atoms with Crippen LogP contribution in [0.2, 0.25) is 0 Å². The van der Waals surface area contributed by atoms with Gasteiger partial charge in [-0.15, -0.1) is 24.8 Å². The molecule has 1 aromatic heterocycles. The summed E-state index contributed by atoms with van der Waals surface area (Å²) in [6, 6.07) is 7.82. The molecule has 0 unspecified atom stereocenters. The Morgan fingerprint density at radius 2 is 2.04 bits per heavy atom. The summed E-state index contributed by atoms with van der Waals surface area (Å²) in [5, 5.41) is 3.02. The first-order chi connectivity index (χ1) is 10.6. The van der Waals surface area contributed by atoms with E-state index >= 15 is 0 Å². The molecule has 1 amide bonds. The van der Waals surface area contributed by atoms with Crippen LogP contribution >= 0.6 is 40.7 Å². The first-order valence-electron chi connectivity index (χ1n) is 7.20. The van der Waals surface area contributed by atoms with Gasteiger partial charge in [-0.2, -0.15) is 0 Å². The van der Waals surface area contributed by atoms with Crippen LogP contribution in [0.15, 0.2) is 39.4 Å². The molecular formula is C16H22BrCl2N3O2. The molecule has 0 atom stereocenters. The van der Waals surface area contributed by atoms with Gasteiger partial charge in [0.05, 0.1) is 6.20 Å². The SMILES string of the molecule is CNCCN(C)C(=O)CCc1ncc(-c2ccccc2Br)o1.Cl.Cl. The smallest absolute Gasteiger partial charge is 0.222 e. The van der Waals surface area contributed by atoms with E-state index in [0.717, 1.165) is 16.6 Å². The van der Waals surface area contributed by atoms with Gasteiger partial charge in [0, 0.05) is 43.0 Å². The third kappa shape index (κ3) is 6.43. The lowest BCUT2D eigenvalue weighted by Gasteiger charge is -2.16. The molecule has 0 bridgehead atoms. The lowest BCUT2D eigenvalue weighted by atomic mass is 10.2. The topological polar surface area (TPSA) is 58.4 Å². The van der Waals surface area contributed by atoms with Gasteiger partial charge in [-0.3, -0.25) is 4.79 Å². The molecule has 134 valence electrons. The van der Waals surface area contributed by atoms with Crippen molar-refractivity contribution >= 4 is 46.7 Å². The Morgan fingerprint density at radius 1 is 1.33 bits per heavy atom. The van der Waals surface area contributed by atoms with Gasteiger partial charge in [0.2, 0.25) is 5.91 Å². The molecule has 8 heteroatoms. The highest BCUT2D eigenvalue weighted by Crippen LogP contribution is 2.28. The number of hydrogen-bond donors (Lipinski definition) is 1. The third-order valence-corrected chi connectivity index (χ3v) is 4.06. The maximum atomic E-state index is 12.0. The van der Waals surface area contributed by atoms with Crippen LogP contribution < -0.4 is 5.32 Å². The summed E-state index contributed by atoms with van der Waals surface area (Å²) in [4.78, 5) is 17.9. The summed E-state index contributed by atoms with van der Waals surface area (Å²) in [5.74, 6) is 1.38. The van der Waals surface area contributed by atoms with Crippen molar-refractivity contribution in [3.05, 3.63) is 40.8 Å². The van der Waals surface area contributed by atoms with Crippen LogP contribution in [0, 0.1) is 0 Å². The van der Waals surface area contributed by atoms with Crippen molar-refractivity contribution in [3.63, 3.8) is 0 Å². The molecule has 24 heavy (non-hydrogen) atoms. The van der Waals surface area contributed by atoms with Gasteiger partial charge in [-0.1, -0.05) is 34.1 Å². The molecule has 2 aromatic rings. The number of amides is 1. The number of aromatic nitrogens is 1. The largest absolute Gasteiger partial charge is 0.441 e. The van der Waals surface area contributed by atoms with Crippen LogP contribution in [-0.4, -0.2) is 43.0 Å². The number of rotatable bonds is 7. The average molecular weight is 439 g/mol. The van der Waals surface area contributed by atoms with E-state index in [-0.39, 0.29) is 30.7 Å². The quantitative estimate of drug-likeness (QED) is 0.717. The van der Waals surface area contributed by atoms with E-state index in [2.05, 4.69) is 26.2 Å². The van der Waals surface area contributed by atoms with Gasteiger partial charge in [-0.25, -0.2) is 4.98 Å². The highest BCUT2D eigenvalue weighted by atomic mass is 79.9. The van der Waals surface area contributed by atoms with Gasteiger partial charge in [-0.05, 0) is 13.1 Å². The second-order valence-electron chi connectivity index (χ2n) is 5.02. The van der Waals surface area contributed by atoms with E-state index in [9.17, 15) is 4.79 Å².